The molecule has 1 saturated carbocycles. The van der Waals surface area contributed by atoms with E-state index < -0.39 is 5.69 Å². The highest BCUT2D eigenvalue weighted by Crippen LogP contribution is 2.38. The molecule has 22 heavy (non-hydrogen) atoms. The van der Waals surface area contributed by atoms with E-state index in [1.54, 1.807) is 17.0 Å². The number of aromatic amines is 1. The second kappa shape index (κ2) is 4.91. The van der Waals surface area contributed by atoms with E-state index in [2.05, 4.69) is 9.97 Å². The Balaban J connectivity index is 1.68. The number of H-pyrrole nitrogens is 1. The number of likely N-dealkylation sites (tertiary alicyclic amines) is 1. The standard InChI is InChI=1S/C16H17N3O3/c20-11-5-9-7-19(8-10(9)6-11)15(21)14-12-3-1-2-4-13(12)17-16(22)18-14/h1-4,9-11,20H,5-8H2,(H,17,18,22)/t9-,10+,11?. The first kappa shape index (κ1) is 13.5. The van der Waals surface area contributed by atoms with E-state index in [4.69, 9.17) is 0 Å². The van der Waals surface area contributed by atoms with Crippen LogP contribution >= 0.6 is 0 Å². The number of fused-ring (bicyclic) bond motifs is 2. The van der Waals surface area contributed by atoms with Gasteiger partial charge in [-0.1, -0.05) is 18.2 Å². The molecule has 1 unspecified atom stereocenters. The molecule has 1 aromatic heterocycles. The van der Waals surface area contributed by atoms with Gasteiger partial charge in [0.05, 0.1) is 11.6 Å². The van der Waals surface area contributed by atoms with Crippen molar-refractivity contribution in [2.75, 3.05) is 13.1 Å². The molecule has 3 atom stereocenters. The normalized spacial score (nSPS) is 27.3. The topological polar surface area (TPSA) is 86.3 Å². The lowest BCUT2D eigenvalue weighted by Crippen LogP contribution is -2.32. The van der Waals surface area contributed by atoms with Gasteiger partial charge in [0.1, 0.15) is 5.69 Å². The Morgan fingerprint density at radius 3 is 2.64 bits per heavy atom. The second-order valence-electron chi connectivity index (χ2n) is 6.29. The predicted octanol–water partition coefficient (Wildman–Crippen LogP) is 0.766. The van der Waals surface area contributed by atoms with Crippen molar-refractivity contribution in [1.29, 1.82) is 0 Å². The number of nitrogens with zero attached hydrogens (tertiary/aromatic N) is 2. The fourth-order valence-electron chi connectivity index (χ4n) is 3.85. The number of aliphatic hydroxyl groups excluding tert-OH is 1. The SMILES string of the molecule is O=C(c1nc(=O)[nH]c2ccccc12)N1C[C@H]2CC(O)C[C@H]2C1. The summed E-state index contributed by atoms with van der Waals surface area (Å²) in [5.41, 5.74) is 0.345. The minimum atomic E-state index is -0.503. The van der Waals surface area contributed by atoms with Crippen LogP contribution in [0.4, 0.5) is 0 Å². The van der Waals surface area contributed by atoms with Gasteiger partial charge in [-0.15, -0.1) is 0 Å². The van der Waals surface area contributed by atoms with Crippen LogP contribution in [0.1, 0.15) is 23.3 Å². The smallest absolute Gasteiger partial charge is 0.346 e. The monoisotopic (exact) mass is 299 g/mol. The van der Waals surface area contributed by atoms with Crippen LogP contribution in [-0.2, 0) is 0 Å². The Morgan fingerprint density at radius 2 is 1.91 bits per heavy atom. The molecular formula is C16H17N3O3. The molecule has 0 radical (unpaired) electrons. The molecule has 1 aliphatic carbocycles. The first-order chi connectivity index (χ1) is 10.6. The molecule has 2 heterocycles. The average Bonchev–Trinajstić information content (AvgIpc) is 3.02. The van der Waals surface area contributed by atoms with Gasteiger partial charge in [-0.2, -0.15) is 4.98 Å². The van der Waals surface area contributed by atoms with Crippen LogP contribution in [0, 0.1) is 11.8 Å². The van der Waals surface area contributed by atoms with Crippen molar-refractivity contribution in [3.8, 4) is 0 Å². The van der Waals surface area contributed by atoms with Crippen molar-refractivity contribution in [2.45, 2.75) is 18.9 Å². The molecule has 114 valence electrons. The summed E-state index contributed by atoms with van der Waals surface area (Å²) < 4.78 is 0. The van der Waals surface area contributed by atoms with Crippen molar-refractivity contribution in [2.24, 2.45) is 11.8 Å². The molecule has 4 rings (SSSR count). The highest BCUT2D eigenvalue weighted by Gasteiger charge is 2.42. The molecular weight excluding hydrogens is 282 g/mol. The van der Waals surface area contributed by atoms with Crippen molar-refractivity contribution >= 4 is 16.8 Å². The number of benzene rings is 1. The van der Waals surface area contributed by atoms with Crippen LogP contribution in [0.25, 0.3) is 10.9 Å². The number of rotatable bonds is 1. The zero-order valence-corrected chi connectivity index (χ0v) is 12.0. The maximum Gasteiger partial charge on any atom is 0.346 e. The van der Waals surface area contributed by atoms with Crippen LogP contribution in [0.15, 0.2) is 29.1 Å². The summed E-state index contributed by atoms with van der Waals surface area (Å²) in [5.74, 6) is 0.547. The van der Waals surface area contributed by atoms with E-state index >= 15 is 0 Å². The fourth-order valence-corrected chi connectivity index (χ4v) is 3.85. The fraction of sp³-hybridized carbons (Fsp3) is 0.438. The van der Waals surface area contributed by atoms with Crippen LogP contribution in [0.5, 0.6) is 0 Å². The summed E-state index contributed by atoms with van der Waals surface area (Å²) >= 11 is 0. The van der Waals surface area contributed by atoms with Gasteiger partial charge in [-0.3, -0.25) is 4.79 Å². The Morgan fingerprint density at radius 1 is 1.23 bits per heavy atom. The van der Waals surface area contributed by atoms with Crippen LogP contribution in [0.2, 0.25) is 0 Å². The van der Waals surface area contributed by atoms with Gasteiger partial charge in [0.25, 0.3) is 5.91 Å². The molecule has 0 bridgehead atoms. The zero-order valence-electron chi connectivity index (χ0n) is 12.0. The number of carbonyl (C=O) groups is 1. The minimum absolute atomic E-state index is 0.189. The van der Waals surface area contributed by atoms with Crippen molar-refractivity contribution in [1.82, 2.24) is 14.9 Å². The minimum Gasteiger partial charge on any atom is -0.393 e. The van der Waals surface area contributed by atoms with Gasteiger partial charge >= 0.3 is 5.69 Å². The van der Waals surface area contributed by atoms with Crippen LogP contribution in [0.3, 0.4) is 0 Å². The van der Waals surface area contributed by atoms with Crippen LogP contribution < -0.4 is 5.69 Å². The molecule has 1 aromatic carbocycles. The third-order valence-corrected chi connectivity index (χ3v) is 4.85. The molecule has 1 amide bonds. The van der Waals surface area contributed by atoms with Gasteiger partial charge in [0, 0.05) is 18.5 Å². The molecule has 2 aliphatic rings. The molecule has 2 N–H and O–H groups in total. The second-order valence-corrected chi connectivity index (χ2v) is 6.29. The number of para-hydroxylation sites is 1. The lowest BCUT2D eigenvalue weighted by molar-refractivity contribution is 0.0761. The maximum atomic E-state index is 12.8. The molecule has 6 heteroatoms. The highest BCUT2D eigenvalue weighted by atomic mass is 16.3. The third kappa shape index (κ3) is 2.11. The number of aliphatic hydroxyl groups is 1. The van der Waals surface area contributed by atoms with Gasteiger partial charge in [0.15, 0.2) is 0 Å². The number of amides is 1. The Hall–Kier alpha value is -2.21. The molecule has 0 spiro atoms. The number of hydrogen-bond acceptors (Lipinski definition) is 4. The van der Waals surface area contributed by atoms with Crippen LogP contribution in [-0.4, -0.2) is 45.1 Å². The lowest BCUT2D eigenvalue weighted by atomic mass is 10.0. The molecule has 6 nitrogen and oxygen atoms in total. The Bertz CT molecular complexity index is 787. The van der Waals surface area contributed by atoms with Gasteiger partial charge in [0.2, 0.25) is 0 Å². The van der Waals surface area contributed by atoms with Gasteiger partial charge < -0.3 is 15.0 Å². The summed E-state index contributed by atoms with van der Waals surface area (Å²) in [6, 6.07) is 7.21. The summed E-state index contributed by atoms with van der Waals surface area (Å²) in [6.07, 6.45) is 1.29. The molecule has 2 aromatic rings. The van der Waals surface area contributed by atoms with Crippen molar-refractivity contribution in [3.05, 3.63) is 40.4 Å². The first-order valence-electron chi connectivity index (χ1n) is 7.58. The summed E-state index contributed by atoms with van der Waals surface area (Å²) in [5, 5.41) is 10.4. The number of carbonyl (C=O) groups excluding carboxylic acids is 1. The maximum absolute atomic E-state index is 12.8. The quantitative estimate of drug-likeness (QED) is 0.814. The largest absolute Gasteiger partial charge is 0.393 e. The average molecular weight is 299 g/mol. The Kier molecular flexibility index (Phi) is 3.00. The highest BCUT2D eigenvalue weighted by molar-refractivity contribution is 6.04. The van der Waals surface area contributed by atoms with E-state index in [1.807, 2.05) is 12.1 Å². The van der Waals surface area contributed by atoms with E-state index in [9.17, 15) is 14.7 Å². The predicted molar refractivity (Wildman–Crippen MR) is 80.5 cm³/mol. The zero-order chi connectivity index (χ0) is 15.3. The summed E-state index contributed by atoms with van der Waals surface area (Å²) in [6.45, 7) is 1.28. The number of aromatic nitrogens is 2. The molecule has 1 saturated heterocycles. The third-order valence-electron chi connectivity index (χ3n) is 4.85. The van der Waals surface area contributed by atoms with E-state index in [-0.39, 0.29) is 17.7 Å². The van der Waals surface area contributed by atoms with E-state index in [0.29, 0.717) is 35.8 Å². The summed E-state index contributed by atoms with van der Waals surface area (Å²) in [7, 11) is 0. The van der Waals surface area contributed by atoms with E-state index in [0.717, 1.165) is 12.8 Å². The van der Waals surface area contributed by atoms with Crippen molar-refractivity contribution < 1.29 is 9.90 Å². The number of nitrogens with one attached hydrogen (secondary N) is 1. The van der Waals surface area contributed by atoms with E-state index in [1.165, 1.54) is 0 Å². The Labute approximate surface area is 126 Å². The first-order valence-corrected chi connectivity index (χ1v) is 7.58. The van der Waals surface area contributed by atoms with Crippen molar-refractivity contribution in [3.63, 3.8) is 0 Å². The lowest BCUT2D eigenvalue weighted by Gasteiger charge is -2.18. The van der Waals surface area contributed by atoms with Gasteiger partial charge in [-0.05, 0) is 30.7 Å². The summed E-state index contributed by atoms with van der Waals surface area (Å²) in [4.78, 5) is 32.8. The molecule has 1 aliphatic heterocycles. The molecule has 2 fully saturated rings. The van der Waals surface area contributed by atoms with Gasteiger partial charge in [-0.25, -0.2) is 4.79 Å². The number of hydrogen-bond donors (Lipinski definition) is 2.